The van der Waals surface area contributed by atoms with Crippen LogP contribution in [0.2, 0.25) is 0 Å². The number of halogens is 4. The summed E-state index contributed by atoms with van der Waals surface area (Å²) in [5.74, 6) is -2.28. The number of benzene rings is 1. The number of aromatic nitrogens is 4. The van der Waals surface area contributed by atoms with Crippen LogP contribution in [-0.2, 0) is 16.1 Å². The van der Waals surface area contributed by atoms with Crippen LogP contribution in [0.15, 0.2) is 65.4 Å². The molecule has 1 aromatic carbocycles. The van der Waals surface area contributed by atoms with Crippen molar-refractivity contribution in [1.82, 2.24) is 25.1 Å². The molecule has 9 nitrogen and oxygen atoms in total. The number of carbonyl (C=O) groups is 1. The van der Waals surface area contributed by atoms with E-state index in [1.165, 1.54) is 36.8 Å². The highest BCUT2D eigenvalue weighted by Crippen LogP contribution is 2.47. The van der Waals surface area contributed by atoms with Crippen molar-refractivity contribution in [3.63, 3.8) is 0 Å². The summed E-state index contributed by atoms with van der Waals surface area (Å²) in [4.78, 5) is 29.1. The number of hydrogen-bond donors (Lipinski definition) is 2. The molecule has 0 bridgehead atoms. The molecule has 5 aromatic rings. The van der Waals surface area contributed by atoms with Crippen molar-refractivity contribution >= 4 is 27.3 Å². The first-order chi connectivity index (χ1) is 21.6. The first-order valence-electron chi connectivity index (χ1n) is 13.6. The number of fused-ring (bicyclic) bond motifs is 1. The Balaban J connectivity index is 1.79. The molecule has 0 aliphatic heterocycles. The zero-order valence-corrected chi connectivity index (χ0v) is 24.9. The van der Waals surface area contributed by atoms with Crippen molar-refractivity contribution in [2.45, 2.75) is 25.9 Å². The second-order valence-corrected chi connectivity index (χ2v) is 10.8. The number of thiophene rings is 1. The van der Waals surface area contributed by atoms with Gasteiger partial charge in [-0.3, -0.25) is 14.7 Å². The summed E-state index contributed by atoms with van der Waals surface area (Å²) in [6, 6.07) is 7.25. The zero-order chi connectivity index (χ0) is 32.2. The molecule has 0 saturated carbocycles. The van der Waals surface area contributed by atoms with E-state index in [0.29, 0.717) is 27.0 Å². The molecule has 1 amide bonds. The Bertz CT molecular complexity index is 1940. The minimum absolute atomic E-state index is 0.000424. The fourth-order valence-corrected chi connectivity index (χ4v) is 5.74. The largest absolute Gasteiger partial charge is 0.490 e. The van der Waals surface area contributed by atoms with Crippen LogP contribution in [-0.4, -0.2) is 52.4 Å². The SMILES string of the molecule is C=CC(=O)NC(C)c1cc(-c2nc(-c3ccc(=O)n(CC(F)F)c3)c3ccsc3c2-c2c(F)cc(F)cc2OCCOC)n[nH]1. The van der Waals surface area contributed by atoms with Gasteiger partial charge in [0.2, 0.25) is 5.91 Å². The van der Waals surface area contributed by atoms with Gasteiger partial charge >= 0.3 is 0 Å². The average molecular weight is 642 g/mol. The van der Waals surface area contributed by atoms with E-state index in [0.717, 1.165) is 22.8 Å². The van der Waals surface area contributed by atoms with Gasteiger partial charge in [-0.1, -0.05) is 6.58 Å². The Morgan fingerprint density at radius 1 is 1.16 bits per heavy atom. The Morgan fingerprint density at radius 2 is 1.96 bits per heavy atom. The first-order valence-corrected chi connectivity index (χ1v) is 14.5. The van der Waals surface area contributed by atoms with Crippen LogP contribution in [0.4, 0.5) is 17.6 Å². The molecular weight excluding hydrogens is 614 g/mol. The molecule has 0 radical (unpaired) electrons. The second kappa shape index (κ2) is 13.4. The van der Waals surface area contributed by atoms with E-state index in [4.69, 9.17) is 14.5 Å². The summed E-state index contributed by atoms with van der Waals surface area (Å²) in [5, 5.41) is 12.3. The van der Waals surface area contributed by atoms with Gasteiger partial charge < -0.3 is 19.4 Å². The van der Waals surface area contributed by atoms with Crippen LogP contribution in [0.3, 0.4) is 0 Å². The Kier molecular flexibility index (Phi) is 9.44. The van der Waals surface area contributed by atoms with E-state index in [9.17, 15) is 22.8 Å². The predicted molar refractivity (Wildman–Crippen MR) is 162 cm³/mol. The smallest absolute Gasteiger partial charge is 0.256 e. The quantitative estimate of drug-likeness (QED) is 0.0966. The van der Waals surface area contributed by atoms with Crippen LogP contribution in [0, 0.1) is 11.6 Å². The van der Waals surface area contributed by atoms with E-state index < -0.39 is 42.1 Å². The summed E-state index contributed by atoms with van der Waals surface area (Å²) >= 11 is 1.24. The number of H-pyrrole nitrogens is 1. The van der Waals surface area contributed by atoms with Gasteiger partial charge in [0.25, 0.3) is 12.0 Å². The topological polar surface area (TPSA) is 111 Å². The summed E-state index contributed by atoms with van der Waals surface area (Å²) < 4.78 is 69.0. The van der Waals surface area contributed by atoms with Gasteiger partial charge in [0.1, 0.15) is 35.4 Å². The van der Waals surface area contributed by atoms with Gasteiger partial charge in [-0.2, -0.15) is 5.10 Å². The van der Waals surface area contributed by atoms with Crippen LogP contribution >= 0.6 is 11.3 Å². The van der Waals surface area contributed by atoms with Crippen molar-refractivity contribution in [3.8, 4) is 39.5 Å². The fraction of sp³-hybridized carbons (Fsp3) is 0.226. The molecular formula is C31H27F4N5O4S. The number of ether oxygens (including phenoxy) is 2. The summed E-state index contributed by atoms with van der Waals surface area (Å²) in [5.41, 5.74) is 1.10. The monoisotopic (exact) mass is 641 g/mol. The van der Waals surface area contributed by atoms with Gasteiger partial charge in [0.05, 0.1) is 36.1 Å². The van der Waals surface area contributed by atoms with Crippen molar-refractivity contribution in [2.75, 3.05) is 20.3 Å². The van der Waals surface area contributed by atoms with Gasteiger partial charge in [0.15, 0.2) is 0 Å². The highest BCUT2D eigenvalue weighted by atomic mass is 32.1. The molecule has 1 atom stereocenters. The molecule has 0 spiro atoms. The van der Waals surface area contributed by atoms with Crippen LogP contribution in [0.5, 0.6) is 5.75 Å². The molecule has 0 saturated heterocycles. The molecule has 0 aliphatic rings. The van der Waals surface area contributed by atoms with Crippen molar-refractivity contribution in [3.05, 3.63) is 88.3 Å². The number of pyridine rings is 2. The third-order valence-electron chi connectivity index (χ3n) is 6.86. The van der Waals surface area contributed by atoms with E-state index in [1.54, 1.807) is 24.4 Å². The molecule has 45 heavy (non-hydrogen) atoms. The van der Waals surface area contributed by atoms with Crippen molar-refractivity contribution < 1.29 is 31.8 Å². The van der Waals surface area contributed by atoms with Gasteiger partial charge in [-0.15, -0.1) is 11.3 Å². The van der Waals surface area contributed by atoms with Crippen molar-refractivity contribution in [1.29, 1.82) is 0 Å². The maximum Gasteiger partial charge on any atom is 0.256 e. The van der Waals surface area contributed by atoms with E-state index in [2.05, 4.69) is 22.1 Å². The average Bonchev–Trinajstić information content (AvgIpc) is 3.68. The maximum atomic E-state index is 15.8. The standard InChI is InChI=1S/C31H27F4N5O4S/c1-4-25(41)36-16(2)21-13-22(39-38-21)30-28(27-20(33)11-18(32)12-23(27)44-9-8-43-3)31-19(7-10-45-31)29(37-30)17-5-6-26(42)40(14-17)15-24(34)35/h4-7,10-14,16,24H,1,8-9,15H2,2-3H3,(H,36,41)(H,38,39). The van der Waals surface area contributed by atoms with Crippen molar-refractivity contribution in [2.24, 2.45) is 0 Å². The molecule has 4 aromatic heterocycles. The molecule has 1 unspecified atom stereocenters. The number of aromatic amines is 1. The number of rotatable bonds is 12. The third kappa shape index (κ3) is 6.66. The number of nitrogens with one attached hydrogen (secondary N) is 2. The summed E-state index contributed by atoms with van der Waals surface area (Å²) in [7, 11) is 1.46. The van der Waals surface area contributed by atoms with Gasteiger partial charge in [0, 0.05) is 52.7 Å². The van der Waals surface area contributed by atoms with Crippen LogP contribution in [0.25, 0.3) is 43.9 Å². The highest BCUT2D eigenvalue weighted by molar-refractivity contribution is 7.18. The van der Waals surface area contributed by atoms with Crippen LogP contribution < -0.4 is 15.6 Å². The molecule has 234 valence electrons. The lowest BCUT2D eigenvalue weighted by atomic mass is 9.96. The zero-order valence-electron chi connectivity index (χ0n) is 24.1. The number of alkyl halides is 2. The van der Waals surface area contributed by atoms with Crippen LogP contribution in [0.1, 0.15) is 18.7 Å². The maximum absolute atomic E-state index is 15.8. The molecule has 5 rings (SSSR count). The number of methoxy groups -OCH3 is 1. The lowest BCUT2D eigenvalue weighted by molar-refractivity contribution is -0.117. The minimum atomic E-state index is -2.77. The molecule has 2 N–H and O–H groups in total. The number of amides is 1. The second-order valence-electron chi connectivity index (χ2n) is 9.89. The normalized spacial score (nSPS) is 12.1. The highest BCUT2D eigenvalue weighted by Gasteiger charge is 2.27. The molecule has 0 aliphatic carbocycles. The van der Waals surface area contributed by atoms with Gasteiger partial charge in [-0.25, -0.2) is 22.5 Å². The Labute approximate surface area is 258 Å². The molecule has 4 heterocycles. The summed E-state index contributed by atoms with van der Waals surface area (Å²) in [6.07, 6.45) is -0.354. The Morgan fingerprint density at radius 3 is 2.69 bits per heavy atom. The molecule has 0 fully saturated rings. The molecule has 14 heteroatoms. The van der Waals surface area contributed by atoms with E-state index >= 15 is 4.39 Å². The lowest BCUT2D eigenvalue weighted by Crippen LogP contribution is -2.24. The minimum Gasteiger partial charge on any atom is -0.490 e. The summed E-state index contributed by atoms with van der Waals surface area (Å²) in [6.45, 7) is 4.51. The number of hydrogen-bond acceptors (Lipinski definition) is 7. The Hall–Kier alpha value is -4.82. The number of nitrogens with zero attached hydrogens (tertiary/aromatic N) is 3. The van der Waals surface area contributed by atoms with Gasteiger partial charge in [-0.05, 0) is 36.6 Å². The predicted octanol–water partition coefficient (Wildman–Crippen LogP) is 6.11. The third-order valence-corrected chi connectivity index (χ3v) is 7.80. The van der Waals surface area contributed by atoms with E-state index in [-0.39, 0.29) is 41.5 Å². The lowest BCUT2D eigenvalue weighted by Gasteiger charge is -2.17. The first kappa shape index (κ1) is 31.6. The fourth-order valence-electron chi connectivity index (χ4n) is 4.80. The van der Waals surface area contributed by atoms with E-state index in [1.807, 2.05) is 0 Å². The number of carbonyl (C=O) groups excluding carboxylic acids is 1.